The molecule has 0 fully saturated rings. The van der Waals surface area contributed by atoms with Gasteiger partial charge in [-0.25, -0.2) is 19.6 Å². The second-order valence-corrected chi connectivity index (χ2v) is 23.2. The van der Waals surface area contributed by atoms with Crippen molar-refractivity contribution in [3.8, 4) is 0 Å². The van der Waals surface area contributed by atoms with E-state index in [4.69, 9.17) is 23.2 Å². The van der Waals surface area contributed by atoms with E-state index < -0.39 is 163 Å². The summed E-state index contributed by atoms with van der Waals surface area (Å²) in [6.07, 6.45) is 1.36. The summed E-state index contributed by atoms with van der Waals surface area (Å²) in [6, 6.07) is 18.9. The lowest BCUT2D eigenvalue weighted by atomic mass is 9.93. The number of nitrogens with one attached hydrogen (secondary N) is 6. The number of aromatic carboxylic acids is 2. The maximum absolute atomic E-state index is 14.3. The summed E-state index contributed by atoms with van der Waals surface area (Å²) in [7, 11) is -20.8. The van der Waals surface area contributed by atoms with Crippen molar-refractivity contribution < 1.29 is 81.3 Å². The van der Waals surface area contributed by atoms with Crippen LogP contribution in [0.2, 0.25) is 10.6 Å². The zero-order chi connectivity index (χ0) is 60.8. The van der Waals surface area contributed by atoms with Crippen LogP contribution in [-0.4, -0.2) is 127 Å². The number of hydrazine groups is 2. The number of hydrogen-bond donors (Lipinski definition) is 12. The Bertz CT molecular complexity index is 4340. The number of Topliss-reactive ketones (excluding diaryl/α,β-unsaturated/α-hetero) is 2. The van der Waals surface area contributed by atoms with Gasteiger partial charge in [0.05, 0.1) is 54.8 Å². The van der Waals surface area contributed by atoms with E-state index in [1.54, 1.807) is 0 Å². The normalized spacial score (nSPS) is 14.4. The molecular formula is C46H30Cl2N14O18S4. The zero-order valence-corrected chi connectivity index (χ0v) is 45.7. The number of aromatic nitrogens is 6. The third-order valence-electron chi connectivity index (χ3n) is 11.3. The molecular weight excluding hydrogens is 1240 g/mol. The van der Waals surface area contributed by atoms with Gasteiger partial charge >= 0.3 is 11.9 Å². The van der Waals surface area contributed by atoms with Crippen LogP contribution in [0.3, 0.4) is 0 Å². The number of aliphatic imine (C=N–C) groups is 2. The minimum absolute atomic E-state index is 0.0942. The van der Waals surface area contributed by atoms with Crippen molar-refractivity contribution >= 4 is 169 Å². The molecule has 2 aliphatic rings. The van der Waals surface area contributed by atoms with E-state index in [1.165, 1.54) is 72.8 Å². The second kappa shape index (κ2) is 22.5. The number of carboxylic acid groups (broad SMARTS) is 2. The van der Waals surface area contributed by atoms with Crippen molar-refractivity contribution in [3.63, 3.8) is 0 Å². The molecule has 84 heavy (non-hydrogen) atoms. The van der Waals surface area contributed by atoms with Gasteiger partial charge in [-0.2, -0.15) is 63.6 Å². The third-order valence-corrected chi connectivity index (χ3v) is 15.0. The smallest absolute Gasteiger partial charge is 0.335 e. The van der Waals surface area contributed by atoms with Crippen LogP contribution in [0, 0.1) is 0 Å². The number of rotatable bonds is 18. The number of fused-ring (bicyclic) bond motifs is 2. The van der Waals surface area contributed by atoms with E-state index >= 15 is 0 Å². The zero-order valence-electron chi connectivity index (χ0n) is 40.9. The monoisotopic (exact) mass is 1260 g/mol. The standard InChI is InChI=1S/C46H30Cl2N14O18S4/c47-41-53-43(57-45(55-41)51-35-31(83(75,76)77)14-21-12-27(81(69,70)71)17-29(33(21)37(35)63)61-59-23-8-4-19(5-9-23)39(65)66)49-25-2-1-3-26(16-25)50-44-54-42(48)56-46(58-44)52-36-32(84(78,79)80)15-22-13-28(82(72,73)74)18-30(34(22)38(36)64)62-60-24-10-6-20(7-11-24)40(67)68/h1-18,59-62H,(H,65,66)(H,67,68)(H,69,70,71)(H,72,73,74)(H,75,76,77)(H,78,79,80)(H,49,53,55,57)(H,50,54,56,58)/b51-35-,52-36+. The van der Waals surface area contributed by atoms with Crippen LogP contribution >= 0.6 is 23.2 Å². The van der Waals surface area contributed by atoms with Crippen LogP contribution in [0.5, 0.6) is 0 Å². The number of carbonyl (C=O) groups excluding carboxylic acids is 2. The van der Waals surface area contributed by atoms with Gasteiger partial charge in [0.15, 0.2) is 0 Å². The molecule has 0 amide bonds. The largest absolute Gasteiger partial charge is 0.478 e. The number of hydrogen-bond acceptors (Lipinski definition) is 26. The van der Waals surface area contributed by atoms with Crippen molar-refractivity contribution in [3.05, 3.63) is 151 Å². The Balaban J connectivity index is 0.998. The maximum atomic E-state index is 14.3. The van der Waals surface area contributed by atoms with E-state index in [2.05, 4.69) is 72.2 Å². The fourth-order valence-corrected chi connectivity index (χ4v) is 10.4. The van der Waals surface area contributed by atoms with Gasteiger partial charge in [0.1, 0.15) is 21.2 Å². The molecule has 12 N–H and O–H groups in total. The molecule has 5 aromatic carbocycles. The number of benzene rings is 5. The lowest BCUT2D eigenvalue weighted by molar-refractivity contribution is 0.0686. The molecule has 0 saturated carbocycles. The van der Waals surface area contributed by atoms with Crippen LogP contribution in [-0.2, 0) is 40.5 Å². The number of carboxylic acids is 2. The first-order chi connectivity index (χ1) is 39.4. The second-order valence-electron chi connectivity index (χ2n) is 16.9. The number of nitrogens with zero attached hydrogens (tertiary/aromatic N) is 8. The molecule has 2 aliphatic carbocycles. The van der Waals surface area contributed by atoms with Gasteiger partial charge in [-0.3, -0.25) is 27.8 Å². The molecule has 2 heterocycles. The molecule has 0 spiro atoms. The summed E-state index contributed by atoms with van der Waals surface area (Å²) >= 11 is 12.4. The lowest BCUT2D eigenvalue weighted by Gasteiger charge is -2.21. The number of allylic oxidation sites excluding steroid dienone is 2. The molecule has 0 aliphatic heterocycles. The highest BCUT2D eigenvalue weighted by molar-refractivity contribution is 7.91. The van der Waals surface area contributed by atoms with E-state index in [0.717, 1.165) is 24.3 Å². The summed E-state index contributed by atoms with van der Waals surface area (Å²) in [4.78, 5) is 79.1. The van der Waals surface area contributed by atoms with Crippen LogP contribution in [0.25, 0.3) is 12.2 Å². The summed E-state index contributed by atoms with van der Waals surface area (Å²) in [5.74, 6) is -7.28. The van der Waals surface area contributed by atoms with E-state index in [0.29, 0.717) is 12.2 Å². The van der Waals surface area contributed by atoms with Crippen molar-refractivity contribution in [1.29, 1.82) is 0 Å². The molecule has 0 unspecified atom stereocenters. The van der Waals surface area contributed by atoms with Crippen molar-refractivity contribution in [2.75, 3.05) is 32.3 Å². The fraction of sp³-hybridized carbons (Fsp3) is 0. The minimum Gasteiger partial charge on any atom is -0.478 e. The topological polar surface area (TPSA) is 500 Å². The number of ketones is 2. The van der Waals surface area contributed by atoms with Crippen LogP contribution < -0.4 is 32.3 Å². The molecule has 0 radical (unpaired) electrons. The summed E-state index contributed by atoms with van der Waals surface area (Å²) < 4.78 is 141. The van der Waals surface area contributed by atoms with Crippen molar-refractivity contribution in [2.24, 2.45) is 9.98 Å². The van der Waals surface area contributed by atoms with Crippen molar-refractivity contribution in [2.45, 2.75) is 9.79 Å². The Morgan fingerprint density at radius 3 is 1.15 bits per heavy atom. The maximum Gasteiger partial charge on any atom is 0.335 e. The van der Waals surface area contributed by atoms with Crippen LogP contribution in [0.1, 0.15) is 52.6 Å². The molecule has 0 atom stereocenters. The Hall–Kier alpha value is -9.76. The van der Waals surface area contributed by atoms with Gasteiger partial charge in [-0.05, 0) is 137 Å². The van der Waals surface area contributed by atoms with Gasteiger partial charge in [0.25, 0.3) is 52.4 Å². The van der Waals surface area contributed by atoms with E-state index in [-0.39, 0.29) is 33.9 Å². The predicted octanol–water partition coefficient (Wildman–Crippen LogP) is 6.01. The highest BCUT2D eigenvalue weighted by Crippen LogP contribution is 2.37. The van der Waals surface area contributed by atoms with Crippen LogP contribution in [0.4, 0.5) is 57.9 Å². The first-order valence-electron chi connectivity index (χ1n) is 22.5. The molecule has 38 heteroatoms. The summed E-state index contributed by atoms with van der Waals surface area (Å²) in [5, 5.41) is 22.9. The molecule has 0 saturated heterocycles. The molecule has 430 valence electrons. The Morgan fingerprint density at radius 1 is 0.452 bits per heavy atom. The Morgan fingerprint density at radius 2 is 0.821 bits per heavy atom. The van der Waals surface area contributed by atoms with Gasteiger partial charge in [-0.15, -0.1) is 0 Å². The van der Waals surface area contributed by atoms with Crippen molar-refractivity contribution in [1.82, 2.24) is 29.9 Å². The number of anilines is 8. The third kappa shape index (κ3) is 13.3. The Labute approximate surface area is 480 Å². The first-order valence-corrected chi connectivity index (χ1v) is 29.0. The van der Waals surface area contributed by atoms with E-state index in [1.807, 2.05) is 0 Å². The predicted molar refractivity (Wildman–Crippen MR) is 298 cm³/mol. The first kappa shape index (κ1) is 58.9. The molecule has 0 bridgehead atoms. The molecule has 9 rings (SSSR count). The van der Waals surface area contributed by atoms with Gasteiger partial charge in [0, 0.05) is 11.4 Å². The molecule has 32 nitrogen and oxygen atoms in total. The van der Waals surface area contributed by atoms with Gasteiger partial charge in [0.2, 0.25) is 34.0 Å². The minimum atomic E-state index is -5.39. The molecule has 2 aromatic heterocycles. The SMILES string of the molecule is O=C(O)c1ccc(NNc2cc(S(=O)(=O)O)cc3c2C(=O)/C(=N/c2nc(Cl)nc(Nc4cccc(Nc5nc(Cl)nc(/N=C6\C(=O)c7c(cc(S(=O)(=O)O)cc7NNc7ccc(C(=O)O)cc7)C=C6S(=O)(=O)O)n5)c4)n2)C(S(=O)(=O)O)=C3)cc1. The number of carbonyl (C=O) groups is 4. The molecule has 7 aromatic rings. The fourth-order valence-electron chi connectivity index (χ4n) is 7.68. The number of halogens is 2. The average molecular weight is 1270 g/mol. The van der Waals surface area contributed by atoms with Crippen LogP contribution in [0.15, 0.2) is 127 Å². The van der Waals surface area contributed by atoms with Gasteiger partial charge < -0.3 is 42.5 Å². The summed E-state index contributed by atoms with van der Waals surface area (Å²) in [5.41, 5.74) is 6.21. The summed E-state index contributed by atoms with van der Waals surface area (Å²) in [6.45, 7) is 0. The highest BCUT2D eigenvalue weighted by atomic mass is 35.5. The Kier molecular flexibility index (Phi) is 15.8. The highest BCUT2D eigenvalue weighted by Gasteiger charge is 2.38. The van der Waals surface area contributed by atoms with Gasteiger partial charge in [-0.1, -0.05) is 6.07 Å². The average Bonchev–Trinajstić information content (AvgIpc) is 0.831. The van der Waals surface area contributed by atoms with E-state index in [9.17, 15) is 81.3 Å². The quantitative estimate of drug-likeness (QED) is 0.0345. The lowest BCUT2D eigenvalue weighted by Crippen LogP contribution is -2.28.